The number of hydrogen-bond donors (Lipinski definition) is 1. The Morgan fingerprint density at radius 2 is 1.90 bits per heavy atom. The van der Waals surface area contributed by atoms with Gasteiger partial charge in [-0.3, -0.25) is 4.79 Å². The first-order chi connectivity index (χ1) is 9.83. The number of piperidine rings is 1. The molecule has 0 radical (unpaired) electrons. The Morgan fingerprint density at radius 3 is 2.55 bits per heavy atom. The predicted octanol–water partition coefficient (Wildman–Crippen LogP) is 2.08. The van der Waals surface area contributed by atoms with E-state index in [0.717, 1.165) is 57.8 Å². The Balaban J connectivity index is 1.48. The van der Waals surface area contributed by atoms with Gasteiger partial charge in [0.15, 0.2) is 0 Å². The Bertz CT molecular complexity index is 432. The number of carbonyl (C=O) groups excluding carboxylic acids is 1. The van der Waals surface area contributed by atoms with Crippen molar-refractivity contribution >= 4 is 5.91 Å². The fourth-order valence-corrected chi connectivity index (χ4v) is 3.43. The Labute approximate surface area is 121 Å². The molecule has 2 heterocycles. The van der Waals surface area contributed by atoms with E-state index in [4.69, 9.17) is 0 Å². The molecule has 1 aromatic rings. The van der Waals surface area contributed by atoms with Crippen LogP contribution in [-0.2, 0) is 11.2 Å². The average molecular weight is 272 g/mol. The molecule has 1 aromatic carbocycles. The Hall–Kier alpha value is -1.35. The molecule has 1 amide bonds. The fraction of sp³-hybridized carbons (Fsp3) is 0.588. The van der Waals surface area contributed by atoms with E-state index in [1.54, 1.807) is 0 Å². The number of amides is 1. The highest BCUT2D eigenvalue weighted by Gasteiger charge is 2.29. The molecule has 2 saturated heterocycles. The van der Waals surface area contributed by atoms with Crippen LogP contribution in [0, 0.1) is 11.8 Å². The summed E-state index contributed by atoms with van der Waals surface area (Å²) in [7, 11) is 0. The summed E-state index contributed by atoms with van der Waals surface area (Å²) in [6, 6.07) is 10.7. The third-order valence-electron chi connectivity index (χ3n) is 4.70. The molecule has 2 fully saturated rings. The highest BCUT2D eigenvalue weighted by molar-refractivity contribution is 5.79. The van der Waals surface area contributed by atoms with E-state index in [-0.39, 0.29) is 5.92 Å². The van der Waals surface area contributed by atoms with Gasteiger partial charge in [0.2, 0.25) is 5.91 Å². The fourth-order valence-electron chi connectivity index (χ4n) is 3.43. The summed E-state index contributed by atoms with van der Waals surface area (Å²) < 4.78 is 0. The van der Waals surface area contributed by atoms with Gasteiger partial charge in [-0.25, -0.2) is 0 Å². The maximum atomic E-state index is 12.4. The molecular weight excluding hydrogens is 248 g/mol. The van der Waals surface area contributed by atoms with Crippen molar-refractivity contribution in [2.24, 2.45) is 11.8 Å². The zero-order valence-corrected chi connectivity index (χ0v) is 12.1. The van der Waals surface area contributed by atoms with Crippen molar-refractivity contribution in [3.63, 3.8) is 0 Å². The van der Waals surface area contributed by atoms with Crippen molar-refractivity contribution in [1.82, 2.24) is 10.2 Å². The van der Waals surface area contributed by atoms with E-state index in [1.807, 2.05) is 0 Å². The number of carbonyl (C=O) groups is 1. The quantitative estimate of drug-likeness (QED) is 0.913. The average Bonchev–Trinajstić information content (AvgIpc) is 3.03. The third-order valence-corrected chi connectivity index (χ3v) is 4.70. The summed E-state index contributed by atoms with van der Waals surface area (Å²) in [5.41, 5.74) is 1.43. The van der Waals surface area contributed by atoms with Crippen LogP contribution in [0.1, 0.15) is 24.8 Å². The predicted molar refractivity (Wildman–Crippen MR) is 80.4 cm³/mol. The molecule has 3 nitrogen and oxygen atoms in total. The number of nitrogens with one attached hydrogen (secondary N) is 1. The lowest BCUT2D eigenvalue weighted by Gasteiger charge is -2.33. The SMILES string of the molecule is O=C(C1CCNC1)N1CCC(Cc2ccccc2)CC1. The number of benzene rings is 1. The molecule has 3 rings (SSSR count). The number of nitrogens with zero attached hydrogens (tertiary/aromatic N) is 1. The van der Waals surface area contributed by atoms with Gasteiger partial charge in [0, 0.05) is 19.6 Å². The Kier molecular flexibility index (Phi) is 4.36. The summed E-state index contributed by atoms with van der Waals surface area (Å²) >= 11 is 0. The minimum Gasteiger partial charge on any atom is -0.342 e. The summed E-state index contributed by atoms with van der Waals surface area (Å²) in [5, 5.41) is 3.29. The van der Waals surface area contributed by atoms with Crippen molar-refractivity contribution in [1.29, 1.82) is 0 Å². The summed E-state index contributed by atoms with van der Waals surface area (Å²) in [6.45, 7) is 3.78. The molecule has 1 atom stereocenters. The van der Waals surface area contributed by atoms with Gasteiger partial charge in [0.25, 0.3) is 0 Å². The molecule has 20 heavy (non-hydrogen) atoms. The molecule has 0 saturated carbocycles. The number of rotatable bonds is 3. The van der Waals surface area contributed by atoms with Crippen LogP contribution < -0.4 is 5.32 Å². The van der Waals surface area contributed by atoms with Gasteiger partial charge in [0.05, 0.1) is 5.92 Å². The van der Waals surface area contributed by atoms with Gasteiger partial charge < -0.3 is 10.2 Å². The molecule has 2 aliphatic rings. The van der Waals surface area contributed by atoms with Crippen molar-refractivity contribution in [3.8, 4) is 0 Å². The summed E-state index contributed by atoms with van der Waals surface area (Å²) in [6.07, 6.45) is 4.48. The van der Waals surface area contributed by atoms with Crippen LogP contribution >= 0.6 is 0 Å². The van der Waals surface area contributed by atoms with E-state index in [1.165, 1.54) is 5.56 Å². The first-order valence-corrected chi connectivity index (χ1v) is 7.86. The van der Waals surface area contributed by atoms with E-state index >= 15 is 0 Å². The third kappa shape index (κ3) is 3.21. The van der Waals surface area contributed by atoms with Crippen molar-refractivity contribution in [2.45, 2.75) is 25.7 Å². The minimum absolute atomic E-state index is 0.237. The topological polar surface area (TPSA) is 32.3 Å². The zero-order valence-electron chi connectivity index (χ0n) is 12.1. The lowest BCUT2D eigenvalue weighted by atomic mass is 9.89. The van der Waals surface area contributed by atoms with E-state index in [9.17, 15) is 4.79 Å². The van der Waals surface area contributed by atoms with Gasteiger partial charge in [-0.05, 0) is 43.7 Å². The molecule has 0 spiro atoms. The zero-order chi connectivity index (χ0) is 13.8. The lowest BCUT2D eigenvalue weighted by Crippen LogP contribution is -2.42. The van der Waals surface area contributed by atoms with Crippen LogP contribution in [0.5, 0.6) is 0 Å². The van der Waals surface area contributed by atoms with Crippen LogP contribution in [-0.4, -0.2) is 37.0 Å². The van der Waals surface area contributed by atoms with E-state index in [0.29, 0.717) is 5.91 Å². The molecule has 1 unspecified atom stereocenters. The standard InChI is InChI=1S/C17H24N2O/c20-17(16-6-9-18-13-16)19-10-7-15(8-11-19)12-14-4-2-1-3-5-14/h1-5,15-16,18H,6-13H2. The van der Waals surface area contributed by atoms with Crippen LogP contribution in [0.3, 0.4) is 0 Å². The molecule has 3 heteroatoms. The first kappa shape index (κ1) is 13.6. The molecule has 0 aliphatic carbocycles. The Morgan fingerprint density at radius 1 is 1.15 bits per heavy atom. The summed E-state index contributed by atoms with van der Waals surface area (Å²) in [5.74, 6) is 1.36. The number of hydrogen-bond acceptors (Lipinski definition) is 2. The lowest BCUT2D eigenvalue weighted by molar-refractivity contribution is -0.136. The van der Waals surface area contributed by atoms with Crippen molar-refractivity contribution < 1.29 is 4.79 Å². The van der Waals surface area contributed by atoms with E-state index < -0.39 is 0 Å². The number of likely N-dealkylation sites (tertiary alicyclic amines) is 1. The molecule has 1 N–H and O–H groups in total. The van der Waals surface area contributed by atoms with Gasteiger partial charge in [-0.1, -0.05) is 30.3 Å². The highest BCUT2D eigenvalue weighted by atomic mass is 16.2. The molecular formula is C17H24N2O. The highest BCUT2D eigenvalue weighted by Crippen LogP contribution is 2.23. The monoisotopic (exact) mass is 272 g/mol. The second-order valence-electron chi connectivity index (χ2n) is 6.15. The van der Waals surface area contributed by atoms with Crippen LogP contribution in [0.2, 0.25) is 0 Å². The molecule has 2 aliphatic heterocycles. The summed E-state index contributed by atoms with van der Waals surface area (Å²) in [4.78, 5) is 14.4. The van der Waals surface area contributed by atoms with E-state index in [2.05, 4.69) is 40.5 Å². The largest absolute Gasteiger partial charge is 0.342 e. The van der Waals surface area contributed by atoms with Gasteiger partial charge in [-0.15, -0.1) is 0 Å². The molecule has 0 bridgehead atoms. The van der Waals surface area contributed by atoms with Gasteiger partial charge >= 0.3 is 0 Å². The maximum Gasteiger partial charge on any atom is 0.227 e. The van der Waals surface area contributed by atoms with Crippen LogP contribution in [0.15, 0.2) is 30.3 Å². The first-order valence-electron chi connectivity index (χ1n) is 7.86. The van der Waals surface area contributed by atoms with Crippen molar-refractivity contribution in [2.75, 3.05) is 26.2 Å². The second-order valence-corrected chi connectivity index (χ2v) is 6.15. The maximum absolute atomic E-state index is 12.4. The van der Waals surface area contributed by atoms with Crippen LogP contribution in [0.25, 0.3) is 0 Å². The van der Waals surface area contributed by atoms with Gasteiger partial charge in [-0.2, -0.15) is 0 Å². The van der Waals surface area contributed by atoms with Crippen molar-refractivity contribution in [3.05, 3.63) is 35.9 Å². The normalized spacial score (nSPS) is 24.0. The molecule has 108 valence electrons. The molecule has 0 aromatic heterocycles. The van der Waals surface area contributed by atoms with Crippen LogP contribution in [0.4, 0.5) is 0 Å². The smallest absolute Gasteiger partial charge is 0.227 e. The second kappa shape index (κ2) is 6.40. The minimum atomic E-state index is 0.237. The van der Waals surface area contributed by atoms with Gasteiger partial charge in [0.1, 0.15) is 0 Å².